The van der Waals surface area contributed by atoms with Crippen molar-refractivity contribution in [1.29, 1.82) is 0 Å². The number of carbonyl (C=O) groups excluding carboxylic acids is 1. The first kappa shape index (κ1) is 22.2. The van der Waals surface area contributed by atoms with Gasteiger partial charge in [0.05, 0.1) is 7.11 Å². The maximum Gasteiger partial charge on any atom is 0.433 e. The summed E-state index contributed by atoms with van der Waals surface area (Å²) in [6.45, 7) is 2.74. The van der Waals surface area contributed by atoms with Crippen LogP contribution in [0.3, 0.4) is 0 Å². The zero-order valence-corrected chi connectivity index (χ0v) is 17.8. The second-order valence-corrected chi connectivity index (χ2v) is 9.58. The van der Waals surface area contributed by atoms with Crippen LogP contribution in [-0.4, -0.2) is 36.1 Å². The van der Waals surface area contributed by atoms with Gasteiger partial charge in [0.25, 0.3) is 5.91 Å². The minimum atomic E-state index is -4.58. The van der Waals surface area contributed by atoms with E-state index in [4.69, 9.17) is 4.74 Å². The highest BCUT2D eigenvalue weighted by Crippen LogP contribution is 2.54. The van der Waals surface area contributed by atoms with Gasteiger partial charge < -0.3 is 10.1 Å². The fourth-order valence-electron chi connectivity index (χ4n) is 4.28. The molecule has 0 radical (unpaired) electrons. The zero-order chi connectivity index (χ0) is 21.1. The highest BCUT2D eigenvalue weighted by molar-refractivity contribution is 7.99. The number of pyridine rings is 1. The van der Waals surface area contributed by atoms with Gasteiger partial charge >= 0.3 is 6.18 Å². The number of aromatic nitrogens is 1. The summed E-state index contributed by atoms with van der Waals surface area (Å²) < 4.78 is 43.5. The van der Waals surface area contributed by atoms with E-state index in [2.05, 4.69) is 17.2 Å². The second-order valence-electron chi connectivity index (χ2n) is 8.43. The number of alkyl halides is 3. The molecule has 8 heteroatoms. The van der Waals surface area contributed by atoms with E-state index in [1.165, 1.54) is 37.9 Å². The van der Waals surface area contributed by atoms with Gasteiger partial charge in [-0.2, -0.15) is 24.9 Å². The van der Waals surface area contributed by atoms with E-state index in [0.29, 0.717) is 12.5 Å². The van der Waals surface area contributed by atoms with Crippen molar-refractivity contribution in [2.45, 2.75) is 51.6 Å². The van der Waals surface area contributed by atoms with E-state index in [0.717, 1.165) is 37.3 Å². The van der Waals surface area contributed by atoms with Gasteiger partial charge in [-0.1, -0.05) is 19.8 Å². The molecular weight excluding hydrogens is 401 g/mol. The molecule has 1 aromatic rings. The van der Waals surface area contributed by atoms with Crippen molar-refractivity contribution in [1.82, 2.24) is 10.3 Å². The lowest BCUT2D eigenvalue weighted by molar-refractivity contribution is -0.141. The third-order valence-corrected chi connectivity index (χ3v) is 7.18. The Hall–Kier alpha value is -1.44. The standard InChI is InChI=1S/C21H29F3N2O2S/c1-3-8-29-12-15-10-20(11-15,9-14-4-5-14)13-25-18(27)16-6-7-17(21(22,23)24)26-19(16)28-2/h6-7,14-15H,3-5,8-13H2,1-2H3,(H,25,27). The second kappa shape index (κ2) is 9.14. The fraction of sp³-hybridized carbons (Fsp3) is 0.714. The van der Waals surface area contributed by atoms with E-state index in [1.807, 2.05) is 11.8 Å². The Morgan fingerprint density at radius 1 is 1.31 bits per heavy atom. The smallest absolute Gasteiger partial charge is 0.433 e. The van der Waals surface area contributed by atoms with Crippen LogP contribution in [0, 0.1) is 17.3 Å². The number of nitrogens with zero attached hydrogens (tertiary/aromatic N) is 1. The van der Waals surface area contributed by atoms with Crippen LogP contribution < -0.4 is 10.1 Å². The van der Waals surface area contributed by atoms with Crippen LogP contribution in [0.5, 0.6) is 5.88 Å². The number of rotatable bonds is 10. The molecule has 2 saturated carbocycles. The topological polar surface area (TPSA) is 51.2 Å². The molecule has 0 aliphatic heterocycles. The van der Waals surface area contributed by atoms with Gasteiger partial charge in [0, 0.05) is 6.54 Å². The summed E-state index contributed by atoms with van der Waals surface area (Å²) in [6.07, 6.45) is 2.50. The van der Waals surface area contributed by atoms with Gasteiger partial charge in [-0.05, 0) is 66.6 Å². The lowest BCUT2D eigenvalue weighted by Gasteiger charge is -2.48. The van der Waals surface area contributed by atoms with E-state index >= 15 is 0 Å². The minimum Gasteiger partial charge on any atom is -0.480 e. The van der Waals surface area contributed by atoms with Gasteiger partial charge in [0.15, 0.2) is 0 Å². The van der Waals surface area contributed by atoms with E-state index < -0.39 is 17.8 Å². The van der Waals surface area contributed by atoms with Crippen LogP contribution >= 0.6 is 11.8 Å². The van der Waals surface area contributed by atoms with Crippen LogP contribution in [0.25, 0.3) is 0 Å². The summed E-state index contributed by atoms with van der Waals surface area (Å²) in [6, 6.07) is 1.96. The van der Waals surface area contributed by atoms with Gasteiger partial charge in [-0.3, -0.25) is 4.79 Å². The molecule has 2 aliphatic rings. The molecule has 2 fully saturated rings. The third kappa shape index (κ3) is 5.80. The summed E-state index contributed by atoms with van der Waals surface area (Å²) in [4.78, 5) is 16.1. The molecule has 4 nitrogen and oxygen atoms in total. The van der Waals surface area contributed by atoms with Crippen LogP contribution in [0.4, 0.5) is 13.2 Å². The summed E-state index contributed by atoms with van der Waals surface area (Å²) in [5.74, 6) is 3.09. The number of methoxy groups -OCH3 is 1. The molecule has 0 atom stereocenters. The van der Waals surface area contributed by atoms with Gasteiger partial charge in [0.2, 0.25) is 5.88 Å². The number of hydrogen-bond donors (Lipinski definition) is 1. The number of carbonyl (C=O) groups is 1. The number of ether oxygens (including phenoxy) is 1. The first-order chi connectivity index (χ1) is 13.8. The monoisotopic (exact) mass is 430 g/mol. The Morgan fingerprint density at radius 3 is 2.62 bits per heavy atom. The fourth-order valence-corrected chi connectivity index (χ4v) is 5.31. The van der Waals surface area contributed by atoms with E-state index in [-0.39, 0.29) is 16.9 Å². The van der Waals surface area contributed by atoms with Crippen molar-refractivity contribution in [2.24, 2.45) is 17.3 Å². The van der Waals surface area contributed by atoms with Gasteiger partial charge in [-0.25, -0.2) is 4.98 Å². The third-order valence-electron chi connectivity index (χ3n) is 5.78. The largest absolute Gasteiger partial charge is 0.480 e. The maximum atomic E-state index is 12.8. The predicted molar refractivity (Wildman–Crippen MR) is 108 cm³/mol. The highest BCUT2D eigenvalue weighted by atomic mass is 32.2. The molecule has 3 rings (SSSR count). The quantitative estimate of drug-likeness (QED) is 0.520. The highest BCUT2D eigenvalue weighted by Gasteiger charge is 2.47. The molecule has 0 spiro atoms. The molecule has 29 heavy (non-hydrogen) atoms. The normalized spacial score (nSPS) is 24.1. The molecule has 1 amide bonds. The van der Waals surface area contributed by atoms with Crippen molar-refractivity contribution in [3.63, 3.8) is 0 Å². The van der Waals surface area contributed by atoms with Crippen LogP contribution in [0.15, 0.2) is 12.1 Å². The average Bonchev–Trinajstić information content (AvgIpc) is 3.47. The first-order valence-electron chi connectivity index (χ1n) is 10.2. The molecule has 1 heterocycles. The van der Waals surface area contributed by atoms with E-state index in [9.17, 15) is 18.0 Å². The summed E-state index contributed by atoms with van der Waals surface area (Å²) in [5, 5.41) is 2.95. The lowest BCUT2D eigenvalue weighted by Crippen LogP contribution is -2.47. The molecule has 162 valence electrons. The van der Waals surface area contributed by atoms with Crippen molar-refractivity contribution < 1.29 is 22.7 Å². The molecule has 2 aliphatic carbocycles. The molecule has 0 bridgehead atoms. The Labute approximate surface area is 174 Å². The van der Waals surface area contributed by atoms with Crippen molar-refractivity contribution in [3.8, 4) is 5.88 Å². The molecular formula is C21H29F3N2O2S. The number of halogens is 3. The zero-order valence-electron chi connectivity index (χ0n) is 17.0. The van der Waals surface area contributed by atoms with E-state index in [1.54, 1.807) is 0 Å². The van der Waals surface area contributed by atoms with Crippen molar-refractivity contribution in [2.75, 3.05) is 25.2 Å². The lowest BCUT2D eigenvalue weighted by atomic mass is 9.60. The van der Waals surface area contributed by atoms with Gasteiger partial charge in [-0.15, -0.1) is 0 Å². The van der Waals surface area contributed by atoms with Crippen molar-refractivity contribution >= 4 is 17.7 Å². The minimum absolute atomic E-state index is 0.0384. The number of nitrogens with one attached hydrogen (secondary N) is 1. The Morgan fingerprint density at radius 2 is 2.03 bits per heavy atom. The number of amides is 1. The Balaban J connectivity index is 1.60. The summed E-state index contributed by atoms with van der Waals surface area (Å²) in [5.41, 5.74) is -0.903. The Kier molecular flexibility index (Phi) is 7.02. The van der Waals surface area contributed by atoms with Crippen LogP contribution in [0.2, 0.25) is 0 Å². The Bertz CT molecular complexity index is 716. The van der Waals surface area contributed by atoms with Crippen LogP contribution in [0.1, 0.15) is 61.5 Å². The average molecular weight is 431 g/mol. The number of thioether (sulfide) groups is 1. The van der Waals surface area contributed by atoms with Crippen LogP contribution in [-0.2, 0) is 6.18 Å². The first-order valence-corrected chi connectivity index (χ1v) is 11.4. The van der Waals surface area contributed by atoms with Gasteiger partial charge in [0.1, 0.15) is 11.3 Å². The maximum absolute atomic E-state index is 12.8. The molecule has 1 N–H and O–H groups in total. The summed E-state index contributed by atoms with van der Waals surface area (Å²) in [7, 11) is 1.22. The predicted octanol–water partition coefficient (Wildman–Crippen LogP) is 5.18. The van der Waals surface area contributed by atoms with Crippen molar-refractivity contribution in [3.05, 3.63) is 23.4 Å². The number of hydrogen-bond acceptors (Lipinski definition) is 4. The molecule has 1 aromatic heterocycles. The summed E-state index contributed by atoms with van der Waals surface area (Å²) >= 11 is 2.00. The molecule has 0 saturated heterocycles. The SMILES string of the molecule is CCCSCC1CC(CNC(=O)c2ccc(C(F)(F)F)nc2OC)(CC2CC2)C1. The molecule has 0 unspecified atom stereocenters. The molecule has 0 aromatic carbocycles.